The third-order valence-electron chi connectivity index (χ3n) is 7.38. The fourth-order valence-electron chi connectivity index (χ4n) is 5.19. The lowest BCUT2D eigenvalue weighted by Gasteiger charge is -2.31. The summed E-state index contributed by atoms with van der Waals surface area (Å²) in [4.78, 5) is 28.4. The minimum Gasteiger partial charge on any atom is -0.506 e. The summed E-state index contributed by atoms with van der Waals surface area (Å²) in [5, 5.41) is 26.6. The van der Waals surface area contributed by atoms with Gasteiger partial charge in [0.15, 0.2) is 0 Å². The highest BCUT2D eigenvalue weighted by Crippen LogP contribution is 2.47. The van der Waals surface area contributed by atoms with Crippen LogP contribution in [0.25, 0.3) is 22.5 Å². The fourth-order valence-corrected chi connectivity index (χ4v) is 5.19. The van der Waals surface area contributed by atoms with E-state index in [9.17, 15) is 15.0 Å². The minimum absolute atomic E-state index is 0.0258. The summed E-state index contributed by atoms with van der Waals surface area (Å²) in [5.41, 5.74) is 1.77. The predicted octanol–water partition coefficient (Wildman–Crippen LogP) is 4.98. The van der Waals surface area contributed by atoms with Crippen LogP contribution in [0.2, 0.25) is 0 Å². The van der Waals surface area contributed by atoms with Crippen molar-refractivity contribution in [1.82, 2.24) is 25.0 Å². The van der Waals surface area contributed by atoms with Gasteiger partial charge in [-0.2, -0.15) is 4.98 Å². The van der Waals surface area contributed by atoms with Crippen molar-refractivity contribution < 1.29 is 29.0 Å². The molecule has 41 heavy (non-hydrogen) atoms. The van der Waals surface area contributed by atoms with Crippen molar-refractivity contribution in [3.05, 3.63) is 59.9 Å². The molecule has 0 aliphatic carbocycles. The maximum atomic E-state index is 13.7. The average molecular weight is 560 g/mol. The summed E-state index contributed by atoms with van der Waals surface area (Å²) in [7, 11) is 3.04. The van der Waals surface area contributed by atoms with Gasteiger partial charge >= 0.3 is 0 Å². The standard InChI is InChI=1S/C30H33N5O6/c1-4-5-9-20-23(24-21(39-2)10-6-11-22(24)40-3)26(36)25(28(37)32-20)30(38)35-15-12-18(13-16-35)29-33-27(34-41-29)19-8-7-14-31-17-19/h6-8,10-11,14,17-18H,4-5,9,12-13,15-16H2,1-3H3,(H2,32,36,37). The van der Waals surface area contributed by atoms with Crippen molar-refractivity contribution >= 4 is 5.91 Å². The summed E-state index contributed by atoms with van der Waals surface area (Å²) in [6, 6.07) is 8.94. The Balaban J connectivity index is 1.43. The van der Waals surface area contributed by atoms with Gasteiger partial charge in [0, 0.05) is 37.0 Å². The van der Waals surface area contributed by atoms with Gasteiger partial charge in [0.1, 0.15) is 22.8 Å². The molecule has 1 amide bonds. The van der Waals surface area contributed by atoms with Crippen molar-refractivity contribution in [3.63, 3.8) is 0 Å². The Kier molecular flexibility index (Phi) is 8.32. The van der Waals surface area contributed by atoms with E-state index in [1.165, 1.54) is 14.2 Å². The number of hydrogen-bond acceptors (Lipinski definition) is 10. The molecule has 1 aliphatic heterocycles. The zero-order chi connectivity index (χ0) is 28.9. The van der Waals surface area contributed by atoms with Crippen LogP contribution >= 0.6 is 0 Å². The molecule has 11 heteroatoms. The number of hydrogen-bond donors (Lipinski definition) is 2. The highest BCUT2D eigenvalue weighted by atomic mass is 16.5. The molecule has 3 aromatic heterocycles. The lowest BCUT2D eigenvalue weighted by Crippen LogP contribution is -2.38. The number of methoxy groups -OCH3 is 2. The Bertz CT molecular complexity index is 1490. The lowest BCUT2D eigenvalue weighted by atomic mass is 9.94. The minimum atomic E-state index is -0.510. The number of amides is 1. The van der Waals surface area contributed by atoms with Gasteiger partial charge in [-0.25, -0.2) is 4.98 Å². The number of aryl methyl sites for hydroxylation is 1. The summed E-state index contributed by atoms with van der Waals surface area (Å²) in [6.45, 7) is 2.79. The number of carbonyl (C=O) groups excluding carboxylic acids is 1. The van der Waals surface area contributed by atoms with E-state index in [0.717, 1.165) is 18.4 Å². The van der Waals surface area contributed by atoms with Crippen LogP contribution in [0, 0.1) is 0 Å². The number of pyridine rings is 2. The topological polar surface area (TPSA) is 144 Å². The van der Waals surface area contributed by atoms with Gasteiger partial charge in [0.2, 0.25) is 17.6 Å². The maximum absolute atomic E-state index is 13.7. The quantitative estimate of drug-likeness (QED) is 0.288. The second kappa shape index (κ2) is 12.2. The first kappa shape index (κ1) is 27.9. The van der Waals surface area contributed by atoms with Crippen LogP contribution in [0.3, 0.4) is 0 Å². The SMILES string of the molecule is CCCCc1nc(O)c(C(=O)N2CCC(c3nc(-c4cccnc4)no3)CC2)c(O)c1-c1c(OC)cccc1OC. The van der Waals surface area contributed by atoms with Crippen molar-refractivity contribution in [1.29, 1.82) is 0 Å². The molecule has 4 heterocycles. The number of piperidine rings is 1. The van der Waals surface area contributed by atoms with E-state index >= 15 is 0 Å². The highest BCUT2D eigenvalue weighted by molar-refractivity contribution is 6.02. The molecular formula is C30H33N5O6. The van der Waals surface area contributed by atoms with Crippen LogP contribution in [-0.2, 0) is 6.42 Å². The Morgan fingerprint density at radius 1 is 1.05 bits per heavy atom. The summed E-state index contributed by atoms with van der Waals surface area (Å²) < 4.78 is 16.7. The van der Waals surface area contributed by atoms with Crippen LogP contribution < -0.4 is 9.47 Å². The Morgan fingerprint density at radius 3 is 2.41 bits per heavy atom. The lowest BCUT2D eigenvalue weighted by molar-refractivity contribution is 0.0697. The molecule has 0 unspecified atom stereocenters. The first-order valence-electron chi connectivity index (χ1n) is 13.7. The van der Waals surface area contributed by atoms with Crippen LogP contribution in [0.1, 0.15) is 60.5 Å². The summed E-state index contributed by atoms with van der Waals surface area (Å²) >= 11 is 0. The van der Waals surface area contributed by atoms with E-state index in [2.05, 4.69) is 20.1 Å². The number of rotatable bonds is 9. The number of carbonyl (C=O) groups is 1. The first-order chi connectivity index (χ1) is 20.0. The highest BCUT2D eigenvalue weighted by Gasteiger charge is 2.34. The van der Waals surface area contributed by atoms with Gasteiger partial charge in [-0.15, -0.1) is 0 Å². The molecule has 2 N–H and O–H groups in total. The summed E-state index contributed by atoms with van der Waals surface area (Å²) in [6.07, 6.45) is 6.65. The van der Waals surface area contributed by atoms with Crippen molar-refractivity contribution in [2.45, 2.75) is 44.9 Å². The van der Waals surface area contributed by atoms with Crippen LogP contribution in [0.5, 0.6) is 23.1 Å². The number of nitrogens with zero attached hydrogens (tertiary/aromatic N) is 5. The normalized spacial score (nSPS) is 13.8. The van der Waals surface area contributed by atoms with E-state index in [1.807, 2.05) is 13.0 Å². The third-order valence-corrected chi connectivity index (χ3v) is 7.38. The monoisotopic (exact) mass is 559 g/mol. The van der Waals surface area contributed by atoms with Crippen LogP contribution in [0.4, 0.5) is 0 Å². The molecule has 5 rings (SSSR count). The molecule has 0 bridgehead atoms. The molecule has 214 valence electrons. The van der Waals surface area contributed by atoms with Gasteiger partial charge in [-0.3, -0.25) is 9.78 Å². The first-order valence-corrected chi connectivity index (χ1v) is 13.7. The van der Waals surface area contributed by atoms with E-state index in [-0.39, 0.29) is 17.2 Å². The molecule has 1 saturated heterocycles. The molecule has 1 fully saturated rings. The Labute approximate surface area is 237 Å². The molecule has 11 nitrogen and oxygen atoms in total. The zero-order valence-corrected chi connectivity index (χ0v) is 23.3. The van der Waals surface area contributed by atoms with E-state index < -0.39 is 11.8 Å². The molecule has 1 aromatic carbocycles. The number of unbranched alkanes of at least 4 members (excludes halogenated alkanes) is 1. The largest absolute Gasteiger partial charge is 0.506 e. The number of aromatic hydroxyl groups is 2. The smallest absolute Gasteiger partial charge is 0.263 e. The third kappa shape index (κ3) is 5.52. The number of ether oxygens (including phenoxy) is 2. The van der Waals surface area contributed by atoms with Crippen LogP contribution in [-0.4, -0.2) is 68.4 Å². The Hall–Kier alpha value is -4.67. The Morgan fingerprint density at radius 2 is 1.78 bits per heavy atom. The number of benzene rings is 1. The number of likely N-dealkylation sites (tertiary alicyclic amines) is 1. The number of aromatic nitrogens is 4. The second-order valence-electron chi connectivity index (χ2n) is 9.89. The van der Waals surface area contributed by atoms with Crippen molar-refractivity contribution in [3.8, 4) is 45.6 Å². The molecule has 1 aliphatic rings. The molecule has 0 atom stereocenters. The zero-order valence-electron chi connectivity index (χ0n) is 23.3. The molecule has 4 aromatic rings. The van der Waals surface area contributed by atoms with E-state index in [4.69, 9.17) is 14.0 Å². The fraction of sp³-hybridized carbons (Fsp3) is 0.367. The van der Waals surface area contributed by atoms with Gasteiger partial charge < -0.3 is 29.1 Å². The molecule has 0 spiro atoms. The van der Waals surface area contributed by atoms with E-state index in [1.54, 1.807) is 41.6 Å². The van der Waals surface area contributed by atoms with Gasteiger partial charge in [-0.05, 0) is 49.9 Å². The predicted molar refractivity (Wildman–Crippen MR) is 150 cm³/mol. The average Bonchev–Trinajstić information content (AvgIpc) is 3.50. The van der Waals surface area contributed by atoms with Crippen molar-refractivity contribution in [2.75, 3.05) is 27.3 Å². The van der Waals surface area contributed by atoms with Crippen LogP contribution in [0.15, 0.2) is 47.2 Å². The van der Waals surface area contributed by atoms with Gasteiger partial charge in [-0.1, -0.05) is 24.6 Å². The van der Waals surface area contributed by atoms with E-state index in [0.29, 0.717) is 72.4 Å². The van der Waals surface area contributed by atoms with Crippen molar-refractivity contribution in [2.24, 2.45) is 0 Å². The summed E-state index contributed by atoms with van der Waals surface area (Å²) in [5.74, 6) is 0.493. The maximum Gasteiger partial charge on any atom is 0.263 e. The molecule has 0 radical (unpaired) electrons. The van der Waals surface area contributed by atoms with Gasteiger partial charge in [0.25, 0.3) is 5.91 Å². The molecule has 0 saturated carbocycles. The second-order valence-corrected chi connectivity index (χ2v) is 9.89. The molecular weight excluding hydrogens is 526 g/mol. The van der Waals surface area contributed by atoms with Gasteiger partial charge in [0.05, 0.1) is 31.0 Å².